The van der Waals surface area contributed by atoms with Gasteiger partial charge in [0.2, 0.25) is 0 Å². The molecule has 0 bridgehead atoms. The van der Waals surface area contributed by atoms with Gasteiger partial charge in [0.1, 0.15) is 12.4 Å². The van der Waals surface area contributed by atoms with Crippen molar-refractivity contribution in [2.75, 3.05) is 23.3 Å². The molecule has 0 aliphatic carbocycles. The molecule has 1 heterocycles. The summed E-state index contributed by atoms with van der Waals surface area (Å²) in [6.45, 7) is 3.22. The van der Waals surface area contributed by atoms with Crippen molar-refractivity contribution in [3.63, 3.8) is 0 Å². The summed E-state index contributed by atoms with van der Waals surface area (Å²) in [6, 6.07) is 19.8. The van der Waals surface area contributed by atoms with E-state index in [1.54, 1.807) is 6.07 Å². The summed E-state index contributed by atoms with van der Waals surface area (Å²) in [5.41, 5.74) is 4.15. The molecule has 1 aliphatic heterocycles. The van der Waals surface area contributed by atoms with E-state index in [-0.39, 0.29) is 0 Å². The minimum atomic E-state index is 0.421. The monoisotopic (exact) mass is 474 g/mol. The predicted molar refractivity (Wildman–Crippen MR) is 132 cm³/mol. The highest BCUT2D eigenvalue weighted by Crippen LogP contribution is 2.31. The second-order valence-corrected chi connectivity index (χ2v) is 8.93. The summed E-state index contributed by atoms with van der Waals surface area (Å²) in [5, 5.41) is 5.33. The molecule has 3 aromatic rings. The second-order valence-electron chi connectivity index (χ2n) is 7.71. The van der Waals surface area contributed by atoms with Gasteiger partial charge in [0.05, 0.1) is 20.8 Å². The summed E-state index contributed by atoms with van der Waals surface area (Å²) in [7, 11) is 0. The third-order valence-corrected chi connectivity index (χ3v) is 6.52. The zero-order chi connectivity index (χ0) is 21.6. The van der Waals surface area contributed by atoms with Crippen LogP contribution < -0.4 is 15.0 Å². The molecular weight excluding hydrogens is 451 g/mol. The number of halogens is 3. The maximum Gasteiger partial charge on any atom is 0.124 e. The molecule has 3 aromatic carbocycles. The van der Waals surface area contributed by atoms with Gasteiger partial charge in [-0.15, -0.1) is 0 Å². The van der Waals surface area contributed by atoms with Crippen molar-refractivity contribution < 1.29 is 4.74 Å². The third-order valence-electron chi connectivity index (χ3n) is 5.48. The van der Waals surface area contributed by atoms with Gasteiger partial charge in [-0.2, -0.15) is 0 Å². The molecule has 0 radical (unpaired) electrons. The molecule has 0 spiro atoms. The van der Waals surface area contributed by atoms with Gasteiger partial charge in [-0.3, -0.25) is 0 Å². The Morgan fingerprint density at radius 3 is 2.39 bits per heavy atom. The number of benzene rings is 3. The highest BCUT2D eigenvalue weighted by Gasteiger charge is 2.14. The first-order valence-electron chi connectivity index (χ1n) is 10.5. The molecule has 0 atom stereocenters. The van der Waals surface area contributed by atoms with Gasteiger partial charge in [-0.1, -0.05) is 59.1 Å². The van der Waals surface area contributed by atoms with Crippen molar-refractivity contribution in [3.05, 3.63) is 86.9 Å². The molecule has 162 valence electrons. The maximum atomic E-state index is 6.59. The maximum absolute atomic E-state index is 6.59. The number of para-hydroxylation sites is 1. The van der Waals surface area contributed by atoms with E-state index >= 15 is 0 Å². The van der Waals surface area contributed by atoms with Gasteiger partial charge < -0.3 is 15.0 Å². The normalized spacial score (nSPS) is 13.8. The standard InChI is InChI=1S/C25H25Cl3N2O/c26-21-10-8-18(14-22(21)27)17-31-25-7-3-2-6-19(25)16-29-20-9-11-24(23(28)15-20)30-12-4-1-5-13-30/h2-3,6-11,14-15,29H,1,4-5,12-13,16-17H2. The van der Waals surface area contributed by atoms with Crippen molar-refractivity contribution in [3.8, 4) is 5.75 Å². The van der Waals surface area contributed by atoms with Crippen LogP contribution >= 0.6 is 34.8 Å². The first-order valence-corrected chi connectivity index (χ1v) is 11.7. The van der Waals surface area contributed by atoms with Gasteiger partial charge in [0.15, 0.2) is 0 Å². The summed E-state index contributed by atoms with van der Waals surface area (Å²) in [6.07, 6.45) is 3.77. The zero-order valence-electron chi connectivity index (χ0n) is 17.2. The number of hydrogen-bond donors (Lipinski definition) is 1. The lowest BCUT2D eigenvalue weighted by Gasteiger charge is -2.29. The number of nitrogens with zero attached hydrogens (tertiary/aromatic N) is 1. The molecule has 6 heteroatoms. The van der Waals surface area contributed by atoms with Crippen molar-refractivity contribution >= 4 is 46.2 Å². The largest absolute Gasteiger partial charge is 0.489 e. The van der Waals surface area contributed by atoms with E-state index in [9.17, 15) is 0 Å². The Morgan fingerprint density at radius 2 is 1.61 bits per heavy atom. The van der Waals surface area contributed by atoms with Crippen LogP contribution in [-0.4, -0.2) is 13.1 Å². The van der Waals surface area contributed by atoms with Crippen molar-refractivity contribution in [1.82, 2.24) is 0 Å². The molecule has 4 rings (SSSR count). The Kier molecular flexibility index (Phi) is 7.49. The number of nitrogens with one attached hydrogen (secondary N) is 1. The van der Waals surface area contributed by atoms with Crippen LogP contribution in [0.2, 0.25) is 15.1 Å². The fraction of sp³-hybridized carbons (Fsp3) is 0.280. The fourth-order valence-corrected chi connectivity index (χ4v) is 4.41. The average molecular weight is 476 g/mol. The molecule has 0 amide bonds. The van der Waals surface area contributed by atoms with Crippen LogP contribution in [0.4, 0.5) is 11.4 Å². The smallest absolute Gasteiger partial charge is 0.124 e. The molecule has 0 saturated carbocycles. The molecule has 31 heavy (non-hydrogen) atoms. The Hall–Kier alpha value is -2.07. The molecule has 0 aromatic heterocycles. The topological polar surface area (TPSA) is 24.5 Å². The van der Waals surface area contributed by atoms with E-state index in [1.165, 1.54) is 19.3 Å². The predicted octanol–water partition coefficient (Wildman–Crippen LogP) is 7.83. The second kappa shape index (κ2) is 10.5. The lowest BCUT2D eigenvalue weighted by molar-refractivity contribution is 0.303. The zero-order valence-corrected chi connectivity index (χ0v) is 19.5. The molecule has 3 nitrogen and oxygen atoms in total. The number of anilines is 2. The molecule has 1 aliphatic rings. The first kappa shape index (κ1) is 22.1. The van der Waals surface area contributed by atoms with Gasteiger partial charge in [0.25, 0.3) is 0 Å². The lowest BCUT2D eigenvalue weighted by Crippen LogP contribution is -2.29. The van der Waals surface area contributed by atoms with E-state index in [1.807, 2.05) is 36.4 Å². The molecule has 1 fully saturated rings. The van der Waals surface area contributed by atoms with Gasteiger partial charge >= 0.3 is 0 Å². The summed E-state index contributed by atoms with van der Waals surface area (Å²) >= 11 is 18.7. The Labute approximate surface area is 198 Å². The van der Waals surface area contributed by atoms with E-state index in [4.69, 9.17) is 39.5 Å². The number of hydrogen-bond acceptors (Lipinski definition) is 3. The Balaban J connectivity index is 1.39. The Morgan fingerprint density at radius 1 is 0.806 bits per heavy atom. The molecule has 0 unspecified atom stereocenters. The minimum absolute atomic E-state index is 0.421. The number of ether oxygens (including phenoxy) is 1. The van der Waals surface area contributed by atoms with Gasteiger partial charge in [-0.05, 0) is 61.2 Å². The van der Waals surface area contributed by atoms with E-state index in [0.29, 0.717) is 23.2 Å². The Bertz CT molecular complexity index is 1040. The van der Waals surface area contributed by atoms with Gasteiger partial charge in [-0.25, -0.2) is 0 Å². The van der Waals surface area contributed by atoms with Gasteiger partial charge in [0, 0.05) is 30.9 Å². The highest BCUT2D eigenvalue weighted by atomic mass is 35.5. The van der Waals surface area contributed by atoms with Crippen LogP contribution in [0.25, 0.3) is 0 Å². The van der Waals surface area contributed by atoms with Crippen LogP contribution in [0.1, 0.15) is 30.4 Å². The van der Waals surface area contributed by atoms with Crippen molar-refractivity contribution in [2.45, 2.75) is 32.4 Å². The first-order chi connectivity index (χ1) is 15.1. The van der Waals surface area contributed by atoms with Crippen molar-refractivity contribution in [2.24, 2.45) is 0 Å². The summed E-state index contributed by atoms with van der Waals surface area (Å²) in [5.74, 6) is 0.831. The molecule has 1 saturated heterocycles. The lowest BCUT2D eigenvalue weighted by atomic mass is 10.1. The average Bonchev–Trinajstić information content (AvgIpc) is 2.79. The van der Waals surface area contributed by atoms with Crippen LogP contribution in [-0.2, 0) is 13.2 Å². The number of rotatable bonds is 7. The van der Waals surface area contributed by atoms with E-state index < -0.39 is 0 Å². The van der Waals surface area contributed by atoms with Crippen molar-refractivity contribution in [1.29, 1.82) is 0 Å². The van der Waals surface area contributed by atoms with Crippen LogP contribution in [0, 0.1) is 0 Å². The van der Waals surface area contributed by atoms with E-state index in [2.05, 4.69) is 28.4 Å². The van der Waals surface area contributed by atoms with Crippen LogP contribution in [0.3, 0.4) is 0 Å². The quantitative estimate of drug-likeness (QED) is 0.377. The molecular formula is C25H25Cl3N2O. The minimum Gasteiger partial charge on any atom is -0.489 e. The highest BCUT2D eigenvalue weighted by molar-refractivity contribution is 6.42. The fourth-order valence-electron chi connectivity index (χ4n) is 3.79. The number of piperidine rings is 1. The van der Waals surface area contributed by atoms with E-state index in [0.717, 1.165) is 46.4 Å². The molecule has 1 N–H and O–H groups in total. The van der Waals surface area contributed by atoms with Crippen LogP contribution in [0.5, 0.6) is 5.75 Å². The SMILES string of the molecule is Clc1ccc(COc2ccccc2CNc2ccc(N3CCCCC3)c(Cl)c2)cc1Cl. The summed E-state index contributed by atoms with van der Waals surface area (Å²) in [4.78, 5) is 2.38. The van der Waals surface area contributed by atoms with Crippen LogP contribution in [0.15, 0.2) is 60.7 Å². The summed E-state index contributed by atoms with van der Waals surface area (Å²) < 4.78 is 6.05. The third kappa shape index (κ3) is 5.79.